The minimum atomic E-state index is -2.44. The van der Waals surface area contributed by atoms with E-state index in [0.717, 1.165) is 12.1 Å². The molecule has 6 N–H and O–H groups in total. The van der Waals surface area contributed by atoms with Crippen LogP contribution in [0.25, 0.3) is 22.3 Å². The summed E-state index contributed by atoms with van der Waals surface area (Å²) in [6.07, 6.45) is -6.54. The second kappa shape index (κ2) is 9.16. The molecule has 0 saturated carbocycles. The predicted octanol–water partition coefficient (Wildman–Crippen LogP) is -0.579. The molecule has 3 aromatic rings. The van der Waals surface area contributed by atoms with Crippen molar-refractivity contribution in [3.05, 3.63) is 52.7 Å². The van der Waals surface area contributed by atoms with Crippen LogP contribution < -0.4 is 10.2 Å². The second-order valence-electron chi connectivity index (χ2n) is 6.73. The highest BCUT2D eigenvalue weighted by Crippen LogP contribution is 2.41. The normalized spacial score (nSPS) is 14.0. The highest BCUT2D eigenvalue weighted by molar-refractivity contribution is 6.36. The number of fused-ring (bicyclic) bond motifs is 1. The molecule has 0 radical (unpaired) electrons. The first-order valence-corrected chi connectivity index (χ1v) is 9.15. The number of hydrogen-bond acceptors (Lipinski definition) is 11. The van der Waals surface area contributed by atoms with Crippen LogP contribution in [0.2, 0.25) is 0 Å². The summed E-state index contributed by atoms with van der Waals surface area (Å²) in [5.74, 6) is -6.16. The van der Waals surface area contributed by atoms with Crippen LogP contribution in [0.1, 0.15) is 0 Å². The summed E-state index contributed by atoms with van der Waals surface area (Å²) in [5.41, 5.74) is -0.464. The zero-order valence-electron chi connectivity index (χ0n) is 16.2. The SMILES string of the molecule is O=C(Oc1cc2oc(-c3ccccc3)cc(=O)c2c(O)c1O)C(=O)[C@@H](O)[C@H](O)[C@@H](O)CO. The number of aliphatic hydroxyl groups is 4. The summed E-state index contributed by atoms with van der Waals surface area (Å²) >= 11 is 0. The molecule has 0 fully saturated rings. The first-order chi connectivity index (χ1) is 15.1. The Morgan fingerprint density at radius 2 is 1.66 bits per heavy atom. The lowest BCUT2D eigenvalue weighted by Crippen LogP contribution is -2.47. The molecule has 1 aromatic heterocycles. The molecule has 3 atom stereocenters. The van der Waals surface area contributed by atoms with E-state index in [1.165, 1.54) is 0 Å². The van der Waals surface area contributed by atoms with E-state index in [1.54, 1.807) is 30.3 Å². The van der Waals surface area contributed by atoms with Crippen molar-refractivity contribution >= 4 is 22.7 Å². The number of carbonyl (C=O) groups excluding carboxylic acids is 2. The predicted molar refractivity (Wildman–Crippen MR) is 107 cm³/mol. The molecule has 0 spiro atoms. The van der Waals surface area contributed by atoms with E-state index >= 15 is 0 Å². The third-order valence-electron chi connectivity index (χ3n) is 4.57. The number of esters is 1. The minimum Gasteiger partial charge on any atom is -0.504 e. The number of ether oxygens (including phenoxy) is 1. The first-order valence-electron chi connectivity index (χ1n) is 9.15. The van der Waals surface area contributed by atoms with Crippen molar-refractivity contribution in [2.45, 2.75) is 18.3 Å². The van der Waals surface area contributed by atoms with Crippen LogP contribution in [0, 0.1) is 0 Å². The average molecular weight is 446 g/mol. The van der Waals surface area contributed by atoms with Crippen LogP contribution in [0.4, 0.5) is 0 Å². The van der Waals surface area contributed by atoms with Crippen LogP contribution in [0.3, 0.4) is 0 Å². The van der Waals surface area contributed by atoms with Crippen molar-refractivity contribution < 1.29 is 49.4 Å². The topological polar surface area (TPSA) is 195 Å². The van der Waals surface area contributed by atoms with Gasteiger partial charge in [0.15, 0.2) is 23.0 Å². The number of phenolic OH excluding ortho intramolecular Hbond substituents is 2. The summed E-state index contributed by atoms with van der Waals surface area (Å²) in [6, 6.07) is 10.4. The first kappa shape index (κ1) is 22.9. The maximum atomic E-state index is 12.4. The monoisotopic (exact) mass is 446 g/mol. The van der Waals surface area contributed by atoms with Gasteiger partial charge in [0, 0.05) is 17.7 Å². The maximum Gasteiger partial charge on any atom is 0.383 e. The standard InChI is InChI=1S/C21H18O11/c22-8-11(24)16(25)19(28)20(29)21(30)32-14-7-13-15(18(27)17(14)26)10(23)6-12(31-13)9-4-2-1-3-5-9/h1-7,11,16,19,22,24-28H,8H2/t11-,16+,19-/m0/s1. The quantitative estimate of drug-likeness (QED) is 0.118. The average Bonchev–Trinajstić information content (AvgIpc) is 2.80. The molecule has 32 heavy (non-hydrogen) atoms. The van der Waals surface area contributed by atoms with Gasteiger partial charge >= 0.3 is 5.97 Å². The number of Topliss-reactive ketones (excluding diaryl/α,β-unsaturated/α-hetero) is 1. The van der Waals surface area contributed by atoms with Gasteiger partial charge in [-0.3, -0.25) is 9.59 Å². The van der Waals surface area contributed by atoms with Crippen LogP contribution in [0.15, 0.2) is 51.7 Å². The summed E-state index contributed by atoms with van der Waals surface area (Å²) in [7, 11) is 0. The Hall–Kier alpha value is -3.77. The number of carbonyl (C=O) groups is 2. The number of aliphatic hydroxyl groups excluding tert-OH is 4. The smallest absolute Gasteiger partial charge is 0.383 e. The van der Waals surface area contributed by atoms with Gasteiger partial charge < -0.3 is 39.8 Å². The minimum absolute atomic E-state index is 0.109. The third kappa shape index (κ3) is 4.31. The Balaban J connectivity index is 1.98. The molecule has 0 bridgehead atoms. The molecular weight excluding hydrogens is 428 g/mol. The van der Waals surface area contributed by atoms with Crippen LogP contribution in [-0.4, -0.2) is 67.3 Å². The highest BCUT2D eigenvalue weighted by Gasteiger charge is 2.35. The number of aromatic hydroxyl groups is 2. The number of phenols is 2. The van der Waals surface area contributed by atoms with E-state index < -0.39 is 64.7 Å². The molecule has 0 aliphatic heterocycles. The lowest BCUT2D eigenvalue weighted by Gasteiger charge is -2.19. The molecule has 0 amide bonds. The Morgan fingerprint density at radius 3 is 2.28 bits per heavy atom. The van der Waals surface area contributed by atoms with Crippen molar-refractivity contribution in [1.29, 1.82) is 0 Å². The van der Waals surface area contributed by atoms with Gasteiger partial charge in [0.25, 0.3) is 5.78 Å². The largest absolute Gasteiger partial charge is 0.504 e. The number of benzene rings is 2. The molecule has 3 rings (SSSR count). The number of rotatable bonds is 7. The lowest BCUT2D eigenvalue weighted by atomic mass is 10.0. The molecule has 0 aliphatic carbocycles. The van der Waals surface area contributed by atoms with Crippen molar-refractivity contribution in [3.63, 3.8) is 0 Å². The van der Waals surface area contributed by atoms with Gasteiger partial charge in [-0.05, 0) is 0 Å². The Morgan fingerprint density at radius 1 is 1.00 bits per heavy atom. The summed E-state index contributed by atoms with van der Waals surface area (Å²) in [4.78, 5) is 36.5. The molecule has 2 aromatic carbocycles. The molecule has 0 unspecified atom stereocenters. The van der Waals surface area contributed by atoms with Crippen LogP contribution >= 0.6 is 0 Å². The molecule has 11 heteroatoms. The van der Waals surface area contributed by atoms with E-state index in [-0.39, 0.29) is 11.3 Å². The summed E-state index contributed by atoms with van der Waals surface area (Å²) in [5, 5.41) is 57.2. The van der Waals surface area contributed by atoms with E-state index in [2.05, 4.69) is 0 Å². The highest BCUT2D eigenvalue weighted by atomic mass is 16.5. The van der Waals surface area contributed by atoms with E-state index in [1.807, 2.05) is 0 Å². The van der Waals surface area contributed by atoms with Gasteiger partial charge in [0.05, 0.1) is 6.61 Å². The van der Waals surface area contributed by atoms with E-state index in [4.69, 9.17) is 14.3 Å². The molecule has 168 valence electrons. The van der Waals surface area contributed by atoms with Crippen LogP contribution in [-0.2, 0) is 9.59 Å². The molecule has 0 saturated heterocycles. The van der Waals surface area contributed by atoms with Crippen molar-refractivity contribution in [3.8, 4) is 28.6 Å². The lowest BCUT2D eigenvalue weighted by molar-refractivity contribution is -0.158. The Bertz CT molecular complexity index is 1220. The van der Waals surface area contributed by atoms with Gasteiger partial charge in [0.2, 0.25) is 5.75 Å². The number of ketones is 1. The number of hydrogen-bond donors (Lipinski definition) is 6. The van der Waals surface area contributed by atoms with Gasteiger partial charge in [-0.1, -0.05) is 30.3 Å². The zero-order valence-corrected chi connectivity index (χ0v) is 16.2. The fourth-order valence-electron chi connectivity index (χ4n) is 2.84. The van der Waals surface area contributed by atoms with Gasteiger partial charge in [-0.15, -0.1) is 0 Å². The van der Waals surface area contributed by atoms with Crippen molar-refractivity contribution in [2.24, 2.45) is 0 Å². The van der Waals surface area contributed by atoms with E-state index in [9.17, 15) is 39.9 Å². The fourth-order valence-corrected chi connectivity index (χ4v) is 2.84. The molecule has 0 aliphatic rings. The van der Waals surface area contributed by atoms with Gasteiger partial charge in [-0.25, -0.2) is 4.79 Å². The Labute approximate surface area is 179 Å². The molecular formula is C21H18O11. The van der Waals surface area contributed by atoms with Crippen molar-refractivity contribution in [2.75, 3.05) is 6.61 Å². The fraction of sp³-hybridized carbons (Fsp3) is 0.190. The zero-order chi connectivity index (χ0) is 23.6. The third-order valence-corrected chi connectivity index (χ3v) is 4.57. The van der Waals surface area contributed by atoms with Gasteiger partial charge in [-0.2, -0.15) is 0 Å². The van der Waals surface area contributed by atoms with Gasteiger partial charge in [0.1, 0.15) is 28.9 Å². The summed E-state index contributed by atoms with van der Waals surface area (Å²) in [6.45, 7) is -0.997. The molecule has 11 nitrogen and oxygen atoms in total. The maximum absolute atomic E-state index is 12.4. The summed E-state index contributed by atoms with van der Waals surface area (Å²) < 4.78 is 10.3. The van der Waals surface area contributed by atoms with Crippen LogP contribution in [0.5, 0.6) is 17.2 Å². The second-order valence-corrected chi connectivity index (χ2v) is 6.73. The Kier molecular flexibility index (Phi) is 6.55. The van der Waals surface area contributed by atoms with Crippen molar-refractivity contribution in [1.82, 2.24) is 0 Å². The van der Waals surface area contributed by atoms with E-state index in [0.29, 0.717) is 5.56 Å². The molecule has 1 heterocycles.